The topological polar surface area (TPSA) is 29.1 Å². The zero-order valence-corrected chi connectivity index (χ0v) is 12.5. The summed E-state index contributed by atoms with van der Waals surface area (Å²) in [4.78, 5) is 11.5. The van der Waals surface area contributed by atoms with Crippen molar-refractivity contribution in [3.63, 3.8) is 0 Å². The van der Waals surface area contributed by atoms with Crippen molar-refractivity contribution in [1.29, 1.82) is 0 Å². The first kappa shape index (κ1) is 12.7. The lowest BCUT2D eigenvalue weighted by molar-refractivity contribution is -0.118. The van der Waals surface area contributed by atoms with Gasteiger partial charge in [-0.3, -0.25) is 4.79 Å². The van der Waals surface area contributed by atoms with E-state index in [0.29, 0.717) is 11.4 Å². The van der Waals surface area contributed by atoms with Gasteiger partial charge in [-0.2, -0.15) is 0 Å². The van der Waals surface area contributed by atoms with Gasteiger partial charge in [-0.25, -0.2) is 0 Å². The highest BCUT2D eigenvalue weighted by Crippen LogP contribution is 2.45. The molecule has 0 aliphatic heterocycles. The lowest BCUT2D eigenvalue weighted by Crippen LogP contribution is -2.25. The quantitative estimate of drug-likeness (QED) is 0.831. The van der Waals surface area contributed by atoms with Crippen LogP contribution in [0.1, 0.15) is 34.9 Å². The number of carbonyl (C=O) groups is 1. The van der Waals surface area contributed by atoms with Gasteiger partial charge in [0, 0.05) is 18.3 Å². The first-order chi connectivity index (χ1) is 9.16. The number of alkyl halides is 1. The number of allylic oxidation sites excluding steroid dienone is 3. The largest absolute Gasteiger partial charge is 0.353 e. The molecular formula is C16H16BrNO. The smallest absolute Gasteiger partial charge is 0.217 e. The molecule has 2 aliphatic rings. The lowest BCUT2D eigenvalue weighted by Gasteiger charge is -2.29. The molecule has 1 N–H and O–H groups in total. The maximum atomic E-state index is 11.1. The van der Waals surface area contributed by atoms with Crippen molar-refractivity contribution in [3.05, 3.63) is 52.6 Å². The molecule has 1 atom stereocenters. The van der Waals surface area contributed by atoms with E-state index in [4.69, 9.17) is 0 Å². The van der Waals surface area contributed by atoms with E-state index in [1.54, 1.807) is 6.92 Å². The second-order valence-corrected chi connectivity index (χ2v) is 6.19. The minimum atomic E-state index is 0.0260. The number of hydrogen-bond acceptors (Lipinski definition) is 1. The number of halogens is 1. The van der Waals surface area contributed by atoms with Crippen LogP contribution in [0.3, 0.4) is 0 Å². The second kappa shape index (κ2) is 4.97. The maximum Gasteiger partial charge on any atom is 0.217 e. The molecule has 0 fully saturated rings. The van der Waals surface area contributed by atoms with Crippen molar-refractivity contribution < 1.29 is 4.79 Å². The molecular weight excluding hydrogens is 302 g/mol. The molecule has 0 heterocycles. The Morgan fingerprint density at radius 2 is 2.32 bits per heavy atom. The van der Waals surface area contributed by atoms with Crippen LogP contribution in [0.5, 0.6) is 0 Å². The molecule has 0 bridgehead atoms. The molecule has 1 amide bonds. The Labute approximate surface area is 121 Å². The second-order valence-electron chi connectivity index (χ2n) is 5.09. The Balaban J connectivity index is 2.08. The summed E-state index contributed by atoms with van der Waals surface area (Å²) >= 11 is 3.78. The van der Waals surface area contributed by atoms with Crippen molar-refractivity contribution in [3.8, 4) is 0 Å². The summed E-state index contributed by atoms with van der Waals surface area (Å²) in [5, 5.41) is 2.92. The molecule has 0 radical (unpaired) electrons. The normalized spacial score (nSPS) is 20.2. The molecule has 1 unspecified atom stereocenters. The first-order valence-corrected chi connectivity index (χ1v) is 7.47. The van der Waals surface area contributed by atoms with Crippen LogP contribution >= 0.6 is 15.9 Å². The van der Waals surface area contributed by atoms with Gasteiger partial charge < -0.3 is 5.32 Å². The van der Waals surface area contributed by atoms with E-state index >= 15 is 0 Å². The summed E-state index contributed by atoms with van der Waals surface area (Å²) in [6.07, 6.45) is 6.38. The van der Waals surface area contributed by atoms with E-state index in [0.717, 1.165) is 12.8 Å². The first-order valence-electron chi connectivity index (χ1n) is 6.56. The van der Waals surface area contributed by atoms with Gasteiger partial charge in [0.25, 0.3) is 0 Å². The van der Waals surface area contributed by atoms with Gasteiger partial charge in [-0.05, 0) is 40.7 Å². The highest BCUT2D eigenvalue weighted by molar-refractivity contribution is 9.09. The number of benzene rings is 1. The van der Waals surface area contributed by atoms with E-state index < -0.39 is 0 Å². The van der Waals surface area contributed by atoms with Crippen LogP contribution < -0.4 is 5.32 Å². The average Bonchev–Trinajstić information content (AvgIpc) is 2.41. The van der Waals surface area contributed by atoms with Crippen LogP contribution in [0.15, 0.2) is 35.9 Å². The maximum absolute atomic E-state index is 11.1. The molecule has 1 aromatic carbocycles. The summed E-state index contributed by atoms with van der Waals surface area (Å²) in [5.74, 6) is 0.0260. The average molecular weight is 318 g/mol. The number of amides is 1. The molecule has 2 nitrogen and oxygen atoms in total. The van der Waals surface area contributed by atoms with Gasteiger partial charge in [-0.15, -0.1) is 0 Å². The molecule has 2 aliphatic carbocycles. The standard InChI is InChI=1S/C16H16BrNO/c1-10(19)18-9-12-8-15(17)14-7-3-5-11-4-2-6-13(12)16(11)14/h2-3,5-7,15H,4,8-9H2,1H3,(H,18,19). The molecule has 3 rings (SSSR count). The van der Waals surface area contributed by atoms with E-state index in [1.807, 2.05) is 0 Å². The van der Waals surface area contributed by atoms with Gasteiger partial charge >= 0.3 is 0 Å². The number of hydrogen-bond donors (Lipinski definition) is 1. The third kappa shape index (κ3) is 2.27. The number of carbonyl (C=O) groups excluding carboxylic acids is 1. The fourth-order valence-corrected chi connectivity index (χ4v) is 3.67. The van der Waals surface area contributed by atoms with Crippen LogP contribution in [0, 0.1) is 0 Å². The number of nitrogens with one attached hydrogen (secondary N) is 1. The minimum Gasteiger partial charge on any atom is -0.353 e. The van der Waals surface area contributed by atoms with Crippen LogP contribution in [0.25, 0.3) is 5.57 Å². The zero-order chi connectivity index (χ0) is 13.4. The molecule has 0 aromatic heterocycles. The molecule has 1 aromatic rings. The molecule has 98 valence electrons. The molecule has 3 heteroatoms. The SMILES string of the molecule is CC(=O)NCC1=C2C=CCc3cccc(c32)C(Br)C1. The zero-order valence-electron chi connectivity index (χ0n) is 10.9. The van der Waals surface area contributed by atoms with Crippen molar-refractivity contribution >= 4 is 27.4 Å². The Hall–Kier alpha value is -1.35. The van der Waals surface area contributed by atoms with Crippen molar-refractivity contribution in [2.24, 2.45) is 0 Å². The third-order valence-electron chi connectivity index (χ3n) is 3.77. The Bertz CT molecular complexity index is 601. The lowest BCUT2D eigenvalue weighted by atomic mass is 9.79. The summed E-state index contributed by atoms with van der Waals surface area (Å²) in [6, 6.07) is 6.54. The fraction of sp³-hybridized carbons (Fsp3) is 0.312. The Morgan fingerprint density at radius 3 is 3.11 bits per heavy atom. The van der Waals surface area contributed by atoms with Gasteiger partial charge in [-0.1, -0.05) is 46.3 Å². The van der Waals surface area contributed by atoms with Crippen molar-refractivity contribution in [1.82, 2.24) is 5.32 Å². The van der Waals surface area contributed by atoms with Crippen LogP contribution in [0.4, 0.5) is 0 Å². The van der Waals surface area contributed by atoms with E-state index in [2.05, 4.69) is 51.6 Å². The highest BCUT2D eigenvalue weighted by Gasteiger charge is 2.26. The predicted molar refractivity (Wildman–Crippen MR) is 81.2 cm³/mol. The van der Waals surface area contributed by atoms with Crippen LogP contribution in [-0.4, -0.2) is 12.5 Å². The van der Waals surface area contributed by atoms with Gasteiger partial charge in [0.2, 0.25) is 5.91 Å². The van der Waals surface area contributed by atoms with Gasteiger partial charge in [0.1, 0.15) is 0 Å². The molecule has 0 spiro atoms. The summed E-state index contributed by atoms with van der Waals surface area (Å²) in [5.41, 5.74) is 6.76. The summed E-state index contributed by atoms with van der Waals surface area (Å²) in [7, 11) is 0. The van der Waals surface area contributed by atoms with Crippen LogP contribution in [-0.2, 0) is 11.2 Å². The van der Waals surface area contributed by atoms with Crippen LogP contribution in [0.2, 0.25) is 0 Å². The minimum absolute atomic E-state index is 0.0260. The summed E-state index contributed by atoms with van der Waals surface area (Å²) in [6.45, 7) is 2.21. The van der Waals surface area contributed by atoms with Crippen molar-refractivity contribution in [2.75, 3.05) is 6.54 Å². The molecule has 19 heavy (non-hydrogen) atoms. The van der Waals surface area contributed by atoms with E-state index in [9.17, 15) is 4.79 Å². The summed E-state index contributed by atoms with van der Waals surface area (Å²) < 4.78 is 0. The number of rotatable bonds is 2. The highest BCUT2D eigenvalue weighted by atomic mass is 79.9. The van der Waals surface area contributed by atoms with Crippen molar-refractivity contribution in [2.45, 2.75) is 24.6 Å². The predicted octanol–water partition coefficient (Wildman–Crippen LogP) is 3.53. The molecule has 0 saturated carbocycles. The van der Waals surface area contributed by atoms with E-state index in [1.165, 1.54) is 27.8 Å². The van der Waals surface area contributed by atoms with Gasteiger partial charge in [0.15, 0.2) is 0 Å². The monoisotopic (exact) mass is 317 g/mol. The Morgan fingerprint density at radius 1 is 1.47 bits per heavy atom. The Kier molecular flexibility index (Phi) is 3.31. The van der Waals surface area contributed by atoms with Gasteiger partial charge in [0.05, 0.1) is 0 Å². The third-order valence-corrected chi connectivity index (χ3v) is 4.59. The van der Waals surface area contributed by atoms with E-state index in [-0.39, 0.29) is 5.91 Å². The molecule has 0 saturated heterocycles. The fourth-order valence-electron chi connectivity index (χ4n) is 2.90.